The summed E-state index contributed by atoms with van der Waals surface area (Å²) in [7, 11) is 0. The van der Waals surface area contributed by atoms with Crippen LogP contribution < -0.4 is 10.6 Å². The molecule has 2 rings (SSSR count). The molecule has 2 amide bonds. The molecule has 0 aliphatic rings. The molecular formula is C13H11BrFN3O. The average Bonchev–Trinajstić information content (AvgIpc) is 2.36. The molecule has 0 saturated carbocycles. The summed E-state index contributed by atoms with van der Waals surface area (Å²) in [6.45, 7) is 1.84. The minimum atomic E-state index is -0.426. The molecule has 1 heterocycles. The standard InChI is InChI=1S/C13H11BrFN3O/c1-8-6-9(14)7-16-12(8)18-13(19)17-11-4-2-10(15)3-5-11/h2-7H,1H3,(H2,16,17,18,19). The van der Waals surface area contributed by atoms with Crippen LogP contribution in [-0.2, 0) is 0 Å². The molecule has 0 saturated heterocycles. The maximum absolute atomic E-state index is 12.7. The molecular weight excluding hydrogens is 313 g/mol. The summed E-state index contributed by atoms with van der Waals surface area (Å²) in [4.78, 5) is 15.8. The van der Waals surface area contributed by atoms with E-state index < -0.39 is 6.03 Å². The molecule has 0 fully saturated rings. The van der Waals surface area contributed by atoms with E-state index in [4.69, 9.17) is 0 Å². The number of urea groups is 1. The minimum absolute atomic E-state index is 0.351. The van der Waals surface area contributed by atoms with E-state index in [-0.39, 0.29) is 5.82 Å². The van der Waals surface area contributed by atoms with Crippen molar-refractivity contribution in [2.24, 2.45) is 0 Å². The van der Waals surface area contributed by atoms with Gasteiger partial charge in [0.2, 0.25) is 0 Å². The van der Waals surface area contributed by atoms with E-state index in [1.807, 2.05) is 13.0 Å². The zero-order chi connectivity index (χ0) is 13.8. The second-order valence-corrected chi connectivity index (χ2v) is 4.82. The fourth-order valence-electron chi connectivity index (χ4n) is 1.47. The predicted molar refractivity (Wildman–Crippen MR) is 75.7 cm³/mol. The van der Waals surface area contributed by atoms with Gasteiger partial charge in [-0.3, -0.25) is 5.32 Å². The number of anilines is 2. The summed E-state index contributed by atoms with van der Waals surface area (Å²) in [5.74, 6) is 0.124. The predicted octanol–water partition coefficient (Wildman–Crippen LogP) is 3.94. The zero-order valence-corrected chi connectivity index (χ0v) is 11.7. The Labute approximate surface area is 118 Å². The highest BCUT2D eigenvalue weighted by molar-refractivity contribution is 9.10. The van der Waals surface area contributed by atoms with Gasteiger partial charge in [-0.05, 0) is 58.7 Å². The Bertz CT molecular complexity index is 601. The Hall–Kier alpha value is -1.95. The van der Waals surface area contributed by atoms with Crippen molar-refractivity contribution >= 4 is 33.5 Å². The van der Waals surface area contributed by atoms with Gasteiger partial charge in [-0.15, -0.1) is 0 Å². The molecule has 0 unspecified atom stereocenters. The Balaban J connectivity index is 2.03. The van der Waals surface area contributed by atoms with Crippen LogP contribution in [0.25, 0.3) is 0 Å². The maximum Gasteiger partial charge on any atom is 0.324 e. The fraction of sp³-hybridized carbons (Fsp3) is 0.0769. The van der Waals surface area contributed by atoms with Crippen LogP contribution in [0.3, 0.4) is 0 Å². The molecule has 0 aliphatic heterocycles. The van der Waals surface area contributed by atoms with Gasteiger partial charge in [0.05, 0.1) is 0 Å². The van der Waals surface area contributed by atoms with Gasteiger partial charge in [-0.2, -0.15) is 0 Å². The largest absolute Gasteiger partial charge is 0.324 e. The van der Waals surface area contributed by atoms with Crippen molar-refractivity contribution < 1.29 is 9.18 Å². The number of halogens is 2. The number of aryl methyl sites for hydroxylation is 1. The van der Waals surface area contributed by atoms with Crippen molar-refractivity contribution in [2.45, 2.75) is 6.92 Å². The van der Waals surface area contributed by atoms with E-state index in [1.165, 1.54) is 24.3 Å². The van der Waals surface area contributed by atoms with Crippen molar-refractivity contribution in [3.05, 3.63) is 52.4 Å². The number of carbonyl (C=O) groups is 1. The van der Waals surface area contributed by atoms with Gasteiger partial charge in [-0.25, -0.2) is 14.2 Å². The lowest BCUT2D eigenvalue weighted by Crippen LogP contribution is -2.20. The molecule has 4 nitrogen and oxygen atoms in total. The third kappa shape index (κ3) is 3.75. The van der Waals surface area contributed by atoms with Crippen LogP contribution >= 0.6 is 15.9 Å². The van der Waals surface area contributed by atoms with Crippen molar-refractivity contribution in [1.29, 1.82) is 0 Å². The highest BCUT2D eigenvalue weighted by atomic mass is 79.9. The molecule has 0 radical (unpaired) electrons. The third-order valence-electron chi connectivity index (χ3n) is 2.38. The van der Waals surface area contributed by atoms with Crippen LogP contribution in [0, 0.1) is 12.7 Å². The summed E-state index contributed by atoms with van der Waals surface area (Å²) >= 11 is 3.30. The molecule has 98 valence electrons. The van der Waals surface area contributed by atoms with E-state index in [0.717, 1.165) is 10.0 Å². The lowest BCUT2D eigenvalue weighted by atomic mass is 10.3. The quantitative estimate of drug-likeness (QED) is 0.879. The van der Waals surface area contributed by atoms with Gasteiger partial charge in [0.25, 0.3) is 0 Å². The first-order valence-electron chi connectivity index (χ1n) is 5.50. The normalized spacial score (nSPS) is 10.1. The maximum atomic E-state index is 12.7. The Morgan fingerprint density at radius 1 is 1.26 bits per heavy atom. The third-order valence-corrected chi connectivity index (χ3v) is 2.81. The van der Waals surface area contributed by atoms with E-state index in [2.05, 4.69) is 31.5 Å². The Morgan fingerprint density at radius 3 is 2.58 bits per heavy atom. The average molecular weight is 324 g/mol. The van der Waals surface area contributed by atoms with Gasteiger partial charge in [-0.1, -0.05) is 0 Å². The van der Waals surface area contributed by atoms with E-state index >= 15 is 0 Å². The van der Waals surface area contributed by atoms with Crippen molar-refractivity contribution in [2.75, 3.05) is 10.6 Å². The lowest BCUT2D eigenvalue weighted by Gasteiger charge is -2.09. The van der Waals surface area contributed by atoms with Crippen molar-refractivity contribution in [1.82, 2.24) is 4.98 Å². The topological polar surface area (TPSA) is 54.0 Å². The second kappa shape index (κ2) is 5.79. The number of amides is 2. The SMILES string of the molecule is Cc1cc(Br)cnc1NC(=O)Nc1ccc(F)cc1. The number of benzene rings is 1. The summed E-state index contributed by atoms with van der Waals surface area (Å²) < 4.78 is 13.6. The van der Waals surface area contributed by atoms with Crippen LogP contribution in [-0.4, -0.2) is 11.0 Å². The molecule has 0 atom stereocenters. The molecule has 0 bridgehead atoms. The molecule has 2 aromatic rings. The number of nitrogens with one attached hydrogen (secondary N) is 2. The van der Waals surface area contributed by atoms with Crippen LogP contribution in [0.5, 0.6) is 0 Å². The van der Waals surface area contributed by atoms with Crippen molar-refractivity contribution in [3.8, 4) is 0 Å². The monoisotopic (exact) mass is 323 g/mol. The molecule has 1 aromatic heterocycles. The van der Waals surface area contributed by atoms with E-state index in [1.54, 1.807) is 6.20 Å². The first-order chi connectivity index (χ1) is 9.04. The minimum Gasteiger partial charge on any atom is -0.308 e. The Kier molecular flexibility index (Phi) is 4.11. The van der Waals surface area contributed by atoms with Gasteiger partial charge >= 0.3 is 6.03 Å². The number of hydrogen-bond donors (Lipinski definition) is 2. The number of carbonyl (C=O) groups excluding carboxylic acids is 1. The number of aromatic nitrogens is 1. The lowest BCUT2D eigenvalue weighted by molar-refractivity contribution is 0.262. The van der Waals surface area contributed by atoms with E-state index in [0.29, 0.717) is 11.5 Å². The fourth-order valence-corrected chi connectivity index (χ4v) is 1.92. The highest BCUT2D eigenvalue weighted by Gasteiger charge is 2.06. The number of rotatable bonds is 2. The first kappa shape index (κ1) is 13.5. The summed E-state index contributed by atoms with van der Waals surface area (Å²) in [6.07, 6.45) is 1.60. The molecule has 0 aliphatic carbocycles. The summed E-state index contributed by atoms with van der Waals surface area (Å²) in [5.41, 5.74) is 1.34. The smallest absolute Gasteiger partial charge is 0.308 e. The van der Waals surface area contributed by atoms with Crippen LogP contribution in [0.4, 0.5) is 20.7 Å². The van der Waals surface area contributed by atoms with Crippen LogP contribution in [0.1, 0.15) is 5.56 Å². The number of hydrogen-bond acceptors (Lipinski definition) is 2. The number of pyridine rings is 1. The van der Waals surface area contributed by atoms with Gasteiger partial charge in [0.1, 0.15) is 11.6 Å². The molecule has 0 spiro atoms. The summed E-state index contributed by atoms with van der Waals surface area (Å²) in [5, 5.41) is 5.22. The highest BCUT2D eigenvalue weighted by Crippen LogP contribution is 2.17. The number of nitrogens with zero attached hydrogens (tertiary/aromatic N) is 1. The molecule has 19 heavy (non-hydrogen) atoms. The second-order valence-electron chi connectivity index (χ2n) is 3.91. The molecule has 6 heteroatoms. The van der Waals surface area contributed by atoms with Crippen molar-refractivity contribution in [3.63, 3.8) is 0 Å². The summed E-state index contributed by atoms with van der Waals surface area (Å²) in [6, 6.07) is 6.94. The van der Waals surface area contributed by atoms with Gasteiger partial charge < -0.3 is 5.32 Å². The van der Waals surface area contributed by atoms with E-state index in [9.17, 15) is 9.18 Å². The Morgan fingerprint density at radius 2 is 1.95 bits per heavy atom. The molecule has 1 aromatic carbocycles. The van der Waals surface area contributed by atoms with Crippen LogP contribution in [0.2, 0.25) is 0 Å². The van der Waals surface area contributed by atoms with Gasteiger partial charge in [0.15, 0.2) is 0 Å². The zero-order valence-electron chi connectivity index (χ0n) is 10.1. The molecule has 2 N–H and O–H groups in total. The first-order valence-corrected chi connectivity index (χ1v) is 6.29. The van der Waals surface area contributed by atoms with Crippen LogP contribution in [0.15, 0.2) is 41.0 Å². The van der Waals surface area contributed by atoms with Gasteiger partial charge in [0, 0.05) is 16.4 Å².